The van der Waals surface area contributed by atoms with Crippen LogP contribution < -0.4 is 10.1 Å². The molecule has 1 saturated carbocycles. The molecule has 1 fully saturated rings. The lowest BCUT2D eigenvalue weighted by Gasteiger charge is -2.53. The summed E-state index contributed by atoms with van der Waals surface area (Å²) in [6, 6.07) is 0.0637. The van der Waals surface area contributed by atoms with E-state index in [9.17, 15) is 22.0 Å². The molecule has 118 valence electrons. The Morgan fingerprint density at radius 2 is 1.52 bits per heavy atom. The maximum atomic E-state index is 13.6. The Labute approximate surface area is 119 Å². The molecule has 0 heterocycles. The van der Waals surface area contributed by atoms with E-state index in [4.69, 9.17) is 4.74 Å². The fourth-order valence-corrected chi connectivity index (χ4v) is 2.75. The molecule has 0 spiro atoms. The first-order valence-corrected chi connectivity index (χ1v) is 6.63. The molecule has 0 saturated heterocycles. The van der Waals surface area contributed by atoms with Crippen LogP contribution in [0, 0.1) is 34.5 Å². The van der Waals surface area contributed by atoms with Crippen LogP contribution in [0.15, 0.2) is 0 Å². The van der Waals surface area contributed by atoms with Gasteiger partial charge in [0.2, 0.25) is 29.1 Å². The lowest BCUT2D eigenvalue weighted by Crippen LogP contribution is -2.62. The van der Waals surface area contributed by atoms with Crippen molar-refractivity contribution in [3.8, 4) is 5.75 Å². The smallest absolute Gasteiger partial charge is 0.207 e. The number of hydrogen-bond donors (Lipinski definition) is 1. The summed E-state index contributed by atoms with van der Waals surface area (Å²) in [6.45, 7) is 3.72. The molecule has 0 bridgehead atoms. The first kappa shape index (κ1) is 16.0. The Hall–Kier alpha value is -1.37. The second-order valence-electron chi connectivity index (χ2n) is 5.44. The van der Waals surface area contributed by atoms with Crippen LogP contribution in [0.3, 0.4) is 0 Å². The van der Waals surface area contributed by atoms with Crippen LogP contribution in [0.25, 0.3) is 0 Å². The van der Waals surface area contributed by atoms with Crippen LogP contribution in [0.5, 0.6) is 5.75 Å². The van der Waals surface area contributed by atoms with E-state index in [-0.39, 0.29) is 6.04 Å². The second kappa shape index (κ2) is 5.44. The van der Waals surface area contributed by atoms with Crippen molar-refractivity contribution < 1.29 is 26.7 Å². The lowest BCUT2D eigenvalue weighted by atomic mass is 9.61. The normalized spacial score (nSPS) is 28.4. The van der Waals surface area contributed by atoms with E-state index in [1.54, 1.807) is 7.05 Å². The van der Waals surface area contributed by atoms with Gasteiger partial charge in [0.1, 0.15) is 6.10 Å². The summed E-state index contributed by atoms with van der Waals surface area (Å²) in [5, 5.41) is 3.04. The largest absolute Gasteiger partial charge is 0.484 e. The summed E-state index contributed by atoms with van der Waals surface area (Å²) >= 11 is 0. The van der Waals surface area contributed by atoms with E-state index < -0.39 is 46.4 Å². The van der Waals surface area contributed by atoms with Crippen LogP contribution in [0.1, 0.15) is 26.7 Å². The Kier molecular flexibility index (Phi) is 4.15. The van der Waals surface area contributed by atoms with Gasteiger partial charge >= 0.3 is 0 Å². The van der Waals surface area contributed by atoms with Gasteiger partial charge in [0.05, 0.1) is 0 Å². The van der Waals surface area contributed by atoms with E-state index in [1.165, 1.54) is 0 Å². The van der Waals surface area contributed by atoms with Crippen molar-refractivity contribution in [3.63, 3.8) is 0 Å². The molecule has 2 rings (SSSR count). The molecule has 2 nitrogen and oxygen atoms in total. The highest BCUT2D eigenvalue weighted by Gasteiger charge is 2.52. The van der Waals surface area contributed by atoms with Crippen LogP contribution in [0.2, 0.25) is 0 Å². The number of nitrogens with one attached hydrogen (secondary N) is 1. The van der Waals surface area contributed by atoms with Crippen LogP contribution in [-0.4, -0.2) is 19.2 Å². The van der Waals surface area contributed by atoms with Crippen LogP contribution >= 0.6 is 0 Å². The Morgan fingerprint density at radius 3 is 1.95 bits per heavy atom. The first-order valence-electron chi connectivity index (χ1n) is 6.63. The van der Waals surface area contributed by atoms with Crippen molar-refractivity contribution in [1.29, 1.82) is 0 Å². The summed E-state index contributed by atoms with van der Waals surface area (Å²) in [7, 11) is 1.74. The van der Waals surface area contributed by atoms with Crippen molar-refractivity contribution in [2.45, 2.75) is 38.8 Å². The van der Waals surface area contributed by atoms with Gasteiger partial charge in [-0.2, -0.15) is 8.78 Å². The maximum Gasteiger partial charge on any atom is 0.207 e. The molecule has 21 heavy (non-hydrogen) atoms. The van der Waals surface area contributed by atoms with Gasteiger partial charge < -0.3 is 10.1 Å². The quantitative estimate of drug-likeness (QED) is 0.522. The predicted octanol–water partition coefficient (Wildman–Crippen LogP) is 3.54. The Bertz CT molecular complexity index is 536. The molecule has 1 aromatic rings. The van der Waals surface area contributed by atoms with Gasteiger partial charge in [-0.1, -0.05) is 13.8 Å². The molecular formula is C14H16F5NO. The van der Waals surface area contributed by atoms with Crippen LogP contribution in [0.4, 0.5) is 22.0 Å². The summed E-state index contributed by atoms with van der Waals surface area (Å²) in [5.74, 6) is -11.2. The highest BCUT2D eigenvalue weighted by atomic mass is 19.2. The van der Waals surface area contributed by atoms with Crippen molar-refractivity contribution in [3.05, 3.63) is 29.1 Å². The van der Waals surface area contributed by atoms with Crippen LogP contribution in [-0.2, 0) is 0 Å². The average molecular weight is 309 g/mol. The van der Waals surface area contributed by atoms with Gasteiger partial charge in [0, 0.05) is 17.9 Å². The fraction of sp³-hybridized carbons (Fsp3) is 0.571. The molecule has 1 aromatic carbocycles. The van der Waals surface area contributed by atoms with Crippen molar-refractivity contribution in [1.82, 2.24) is 5.32 Å². The van der Waals surface area contributed by atoms with Crippen molar-refractivity contribution in [2.75, 3.05) is 7.05 Å². The standard InChI is InChI=1S/C14H16F5NO/c1-4-14(2)6(20-3)5-7(14)21-13-11(18)9(16)8(15)10(17)12(13)19/h6-7,20H,4-5H2,1-3H3. The summed E-state index contributed by atoms with van der Waals surface area (Å²) in [4.78, 5) is 0. The van der Waals surface area contributed by atoms with Gasteiger partial charge in [-0.25, -0.2) is 13.2 Å². The molecule has 0 aromatic heterocycles. The van der Waals surface area contributed by atoms with E-state index in [0.29, 0.717) is 12.8 Å². The first-order chi connectivity index (χ1) is 9.77. The minimum absolute atomic E-state index is 0.0637. The molecule has 3 unspecified atom stereocenters. The summed E-state index contributed by atoms with van der Waals surface area (Å²) in [5.41, 5.74) is -0.436. The molecule has 1 N–H and O–H groups in total. The monoisotopic (exact) mass is 309 g/mol. The second-order valence-corrected chi connectivity index (χ2v) is 5.44. The fourth-order valence-electron chi connectivity index (χ4n) is 2.75. The zero-order chi connectivity index (χ0) is 15.9. The van der Waals surface area contributed by atoms with Gasteiger partial charge in [0.25, 0.3) is 0 Å². The summed E-state index contributed by atoms with van der Waals surface area (Å²) < 4.78 is 71.6. The van der Waals surface area contributed by atoms with Gasteiger partial charge in [-0.05, 0) is 13.5 Å². The SMILES string of the molecule is CCC1(C)C(NC)CC1Oc1c(F)c(F)c(F)c(F)c1F. The van der Waals surface area contributed by atoms with Gasteiger partial charge in [-0.15, -0.1) is 0 Å². The average Bonchev–Trinajstić information content (AvgIpc) is 2.48. The van der Waals surface area contributed by atoms with E-state index in [0.717, 1.165) is 0 Å². The zero-order valence-electron chi connectivity index (χ0n) is 11.9. The van der Waals surface area contributed by atoms with E-state index >= 15 is 0 Å². The third-order valence-electron chi connectivity index (χ3n) is 4.52. The lowest BCUT2D eigenvalue weighted by molar-refractivity contribution is -0.0715. The maximum absolute atomic E-state index is 13.6. The van der Waals surface area contributed by atoms with Crippen molar-refractivity contribution in [2.24, 2.45) is 5.41 Å². The molecular weight excluding hydrogens is 293 g/mol. The molecule has 0 amide bonds. The number of ether oxygens (including phenoxy) is 1. The topological polar surface area (TPSA) is 21.3 Å². The number of hydrogen-bond acceptors (Lipinski definition) is 2. The van der Waals surface area contributed by atoms with Gasteiger partial charge in [0.15, 0.2) is 5.75 Å². The van der Waals surface area contributed by atoms with Gasteiger partial charge in [-0.3, -0.25) is 0 Å². The van der Waals surface area contributed by atoms with E-state index in [2.05, 4.69) is 5.32 Å². The minimum Gasteiger partial charge on any atom is -0.484 e. The number of rotatable bonds is 4. The number of benzene rings is 1. The molecule has 0 radical (unpaired) electrons. The zero-order valence-corrected chi connectivity index (χ0v) is 11.9. The Balaban J connectivity index is 2.34. The Morgan fingerprint density at radius 1 is 1.05 bits per heavy atom. The summed E-state index contributed by atoms with van der Waals surface area (Å²) in [6.07, 6.45) is 0.451. The molecule has 7 heteroatoms. The third kappa shape index (κ3) is 2.27. The highest BCUT2D eigenvalue weighted by Crippen LogP contribution is 2.46. The van der Waals surface area contributed by atoms with E-state index in [1.807, 2.05) is 13.8 Å². The predicted molar refractivity (Wildman–Crippen MR) is 66.5 cm³/mol. The minimum atomic E-state index is -2.18. The molecule has 3 atom stereocenters. The highest BCUT2D eigenvalue weighted by molar-refractivity contribution is 5.30. The number of halogens is 5. The molecule has 1 aliphatic carbocycles. The molecule has 1 aliphatic rings. The third-order valence-corrected chi connectivity index (χ3v) is 4.52. The van der Waals surface area contributed by atoms with Crippen molar-refractivity contribution >= 4 is 0 Å². The molecule has 0 aliphatic heterocycles.